The standard InChI is InChI=1S/C5H7N3/c1-8-5-3-2-4(5)6-7-8/h2-3H2,1H3. The van der Waals surface area contributed by atoms with Crippen LogP contribution in [-0.4, -0.2) is 15.0 Å². The van der Waals surface area contributed by atoms with Crippen LogP contribution in [-0.2, 0) is 19.9 Å². The van der Waals surface area contributed by atoms with Crippen LogP contribution in [0.5, 0.6) is 0 Å². The first-order chi connectivity index (χ1) is 3.88. The highest BCUT2D eigenvalue weighted by Crippen LogP contribution is 2.17. The molecule has 1 heterocycles. The monoisotopic (exact) mass is 109 g/mol. The van der Waals surface area contributed by atoms with Crippen molar-refractivity contribution in [2.75, 3.05) is 0 Å². The highest BCUT2D eigenvalue weighted by molar-refractivity contribution is 5.20. The first-order valence-corrected chi connectivity index (χ1v) is 2.75. The molecular formula is C5H7N3. The molecular weight excluding hydrogens is 102 g/mol. The number of hydrogen-bond acceptors (Lipinski definition) is 2. The maximum atomic E-state index is 3.92. The van der Waals surface area contributed by atoms with Crippen LogP contribution in [0.1, 0.15) is 11.4 Å². The quantitative estimate of drug-likeness (QED) is 0.466. The first-order valence-electron chi connectivity index (χ1n) is 2.75. The Morgan fingerprint density at radius 1 is 1.50 bits per heavy atom. The zero-order chi connectivity index (χ0) is 5.56. The highest BCUT2D eigenvalue weighted by atomic mass is 15.4. The minimum absolute atomic E-state index is 1.13. The second-order valence-corrected chi connectivity index (χ2v) is 2.11. The number of aryl methyl sites for hydroxylation is 2. The minimum atomic E-state index is 1.13. The molecule has 0 spiro atoms. The van der Waals surface area contributed by atoms with Crippen LogP contribution < -0.4 is 0 Å². The fourth-order valence-corrected chi connectivity index (χ4v) is 0.980. The fraction of sp³-hybridized carbons (Fsp3) is 0.600. The number of hydrogen-bond donors (Lipinski definition) is 0. The van der Waals surface area contributed by atoms with Crippen molar-refractivity contribution in [3.8, 4) is 0 Å². The van der Waals surface area contributed by atoms with Gasteiger partial charge >= 0.3 is 0 Å². The lowest BCUT2D eigenvalue weighted by Gasteiger charge is -2.09. The van der Waals surface area contributed by atoms with Gasteiger partial charge in [-0.05, 0) is 12.8 Å². The third-order valence-corrected chi connectivity index (χ3v) is 1.62. The molecule has 0 aromatic carbocycles. The Balaban J connectivity index is 2.66. The van der Waals surface area contributed by atoms with Crippen molar-refractivity contribution >= 4 is 0 Å². The molecule has 1 aliphatic rings. The highest BCUT2D eigenvalue weighted by Gasteiger charge is 2.18. The summed E-state index contributed by atoms with van der Waals surface area (Å²) in [6.45, 7) is 0. The molecule has 8 heavy (non-hydrogen) atoms. The number of nitrogens with zero attached hydrogens (tertiary/aromatic N) is 3. The molecule has 0 radical (unpaired) electrons. The van der Waals surface area contributed by atoms with E-state index < -0.39 is 0 Å². The van der Waals surface area contributed by atoms with Gasteiger partial charge in [-0.1, -0.05) is 5.21 Å². The zero-order valence-electron chi connectivity index (χ0n) is 4.76. The van der Waals surface area contributed by atoms with E-state index in [1.807, 2.05) is 11.7 Å². The van der Waals surface area contributed by atoms with Crippen molar-refractivity contribution in [2.45, 2.75) is 12.8 Å². The lowest BCUT2D eigenvalue weighted by Crippen LogP contribution is -2.10. The topological polar surface area (TPSA) is 30.7 Å². The van der Waals surface area contributed by atoms with Gasteiger partial charge < -0.3 is 0 Å². The Labute approximate surface area is 47.3 Å². The minimum Gasteiger partial charge on any atom is -0.252 e. The first kappa shape index (κ1) is 4.06. The lowest BCUT2D eigenvalue weighted by atomic mass is 10.0. The molecule has 0 aliphatic heterocycles. The van der Waals surface area contributed by atoms with Gasteiger partial charge in [-0.3, -0.25) is 4.68 Å². The second kappa shape index (κ2) is 1.10. The Bertz CT molecular complexity index is 200. The van der Waals surface area contributed by atoms with Gasteiger partial charge in [-0.15, -0.1) is 5.10 Å². The molecule has 3 heteroatoms. The van der Waals surface area contributed by atoms with Crippen LogP contribution in [0.2, 0.25) is 0 Å². The van der Waals surface area contributed by atoms with Crippen LogP contribution in [0, 0.1) is 0 Å². The van der Waals surface area contributed by atoms with Crippen LogP contribution in [0.4, 0.5) is 0 Å². The van der Waals surface area contributed by atoms with Crippen molar-refractivity contribution in [1.82, 2.24) is 15.0 Å². The van der Waals surface area contributed by atoms with Crippen LogP contribution in [0.15, 0.2) is 0 Å². The SMILES string of the molecule is Cn1nnc2c1CC2. The molecule has 1 aliphatic carbocycles. The normalized spacial score (nSPS) is 15.1. The summed E-state index contributed by atoms with van der Waals surface area (Å²) in [4.78, 5) is 0. The molecule has 0 saturated carbocycles. The van der Waals surface area contributed by atoms with Crippen molar-refractivity contribution in [2.24, 2.45) is 7.05 Å². The maximum Gasteiger partial charge on any atom is 0.0863 e. The predicted octanol–water partition coefficient (Wildman–Crippen LogP) is -0.0863. The Hall–Kier alpha value is -0.860. The molecule has 3 nitrogen and oxygen atoms in total. The molecule has 0 fully saturated rings. The summed E-state index contributed by atoms with van der Waals surface area (Å²) in [5, 5.41) is 7.76. The van der Waals surface area contributed by atoms with E-state index in [0.29, 0.717) is 0 Å². The molecule has 2 rings (SSSR count). The van der Waals surface area contributed by atoms with E-state index in [2.05, 4.69) is 10.3 Å². The molecule has 0 amide bonds. The molecule has 0 bridgehead atoms. The molecule has 0 unspecified atom stereocenters. The maximum absolute atomic E-state index is 3.92. The van der Waals surface area contributed by atoms with E-state index in [1.54, 1.807) is 0 Å². The van der Waals surface area contributed by atoms with Gasteiger partial charge in [0.1, 0.15) is 0 Å². The summed E-state index contributed by atoms with van der Waals surface area (Å²) >= 11 is 0. The van der Waals surface area contributed by atoms with Gasteiger partial charge in [0.05, 0.1) is 11.4 Å². The van der Waals surface area contributed by atoms with Gasteiger partial charge in [0.2, 0.25) is 0 Å². The predicted molar refractivity (Wildman–Crippen MR) is 28.4 cm³/mol. The molecule has 1 aromatic rings. The van der Waals surface area contributed by atoms with Crippen LogP contribution >= 0.6 is 0 Å². The van der Waals surface area contributed by atoms with Gasteiger partial charge in [-0.2, -0.15) is 0 Å². The summed E-state index contributed by atoms with van der Waals surface area (Å²) in [5.74, 6) is 0. The Morgan fingerprint density at radius 3 is 2.62 bits per heavy atom. The van der Waals surface area contributed by atoms with Gasteiger partial charge in [0, 0.05) is 7.05 Å². The molecule has 0 N–H and O–H groups in total. The Morgan fingerprint density at radius 2 is 2.38 bits per heavy atom. The number of aromatic nitrogens is 3. The zero-order valence-corrected chi connectivity index (χ0v) is 4.76. The second-order valence-electron chi connectivity index (χ2n) is 2.11. The van der Waals surface area contributed by atoms with E-state index in [4.69, 9.17) is 0 Å². The van der Waals surface area contributed by atoms with Crippen molar-refractivity contribution < 1.29 is 0 Å². The summed E-state index contributed by atoms with van der Waals surface area (Å²) in [5.41, 5.74) is 2.50. The third kappa shape index (κ3) is 0.300. The fourth-order valence-electron chi connectivity index (χ4n) is 0.980. The van der Waals surface area contributed by atoms with E-state index in [0.717, 1.165) is 6.42 Å². The summed E-state index contributed by atoms with van der Waals surface area (Å²) < 4.78 is 1.85. The molecule has 42 valence electrons. The van der Waals surface area contributed by atoms with E-state index >= 15 is 0 Å². The van der Waals surface area contributed by atoms with Crippen molar-refractivity contribution in [3.63, 3.8) is 0 Å². The van der Waals surface area contributed by atoms with Crippen molar-refractivity contribution in [1.29, 1.82) is 0 Å². The smallest absolute Gasteiger partial charge is 0.0863 e. The van der Waals surface area contributed by atoms with Crippen LogP contribution in [0.25, 0.3) is 0 Å². The lowest BCUT2D eigenvalue weighted by molar-refractivity contribution is 0.664. The van der Waals surface area contributed by atoms with Crippen LogP contribution in [0.3, 0.4) is 0 Å². The molecule has 0 saturated heterocycles. The third-order valence-electron chi connectivity index (χ3n) is 1.62. The summed E-state index contributed by atoms with van der Waals surface area (Å²) in [6, 6.07) is 0. The summed E-state index contributed by atoms with van der Waals surface area (Å²) in [7, 11) is 1.94. The van der Waals surface area contributed by atoms with E-state index in [-0.39, 0.29) is 0 Å². The molecule has 0 atom stereocenters. The van der Waals surface area contributed by atoms with E-state index in [9.17, 15) is 0 Å². The van der Waals surface area contributed by atoms with E-state index in [1.165, 1.54) is 17.8 Å². The van der Waals surface area contributed by atoms with Gasteiger partial charge in [-0.25, -0.2) is 0 Å². The largest absolute Gasteiger partial charge is 0.252 e. The van der Waals surface area contributed by atoms with Gasteiger partial charge in [0.15, 0.2) is 0 Å². The average molecular weight is 109 g/mol. The van der Waals surface area contributed by atoms with Gasteiger partial charge in [0.25, 0.3) is 0 Å². The Kier molecular flexibility index (Phi) is 0.559. The number of fused-ring (bicyclic) bond motifs is 1. The molecule has 1 aromatic heterocycles. The summed E-state index contributed by atoms with van der Waals surface area (Å²) in [6.07, 6.45) is 2.29. The average Bonchev–Trinajstić information content (AvgIpc) is 1.80. The number of rotatable bonds is 0. The van der Waals surface area contributed by atoms with Crippen molar-refractivity contribution in [3.05, 3.63) is 11.4 Å².